The fraction of sp³-hybridized carbons (Fsp3) is 0.500. The maximum Gasteiger partial charge on any atom is 0.248 e. The zero-order valence-corrected chi connectivity index (χ0v) is 18.5. The van der Waals surface area contributed by atoms with Crippen molar-refractivity contribution < 1.29 is 0 Å². The first-order valence-corrected chi connectivity index (χ1v) is 12.2. The quantitative estimate of drug-likeness (QED) is 0.632. The fourth-order valence-electron chi connectivity index (χ4n) is 5.19. The van der Waals surface area contributed by atoms with E-state index >= 15 is 0 Å². The van der Waals surface area contributed by atoms with Gasteiger partial charge in [0.2, 0.25) is 7.41 Å². The third-order valence-electron chi connectivity index (χ3n) is 7.45. The van der Waals surface area contributed by atoms with Gasteiger partial charge in [-0.1, -0.05) is 25.0 Å². The van der Waals surface area contributed by atoms with Crippen molar-refractivity contribution in [1.29, 1.82) is 0 Å². The monoisotopic (exact) mass is 411 g/mol. The highest BCUT2D eigenvalue weighted by molar-refractivity contribution is 6.42. The lowest BCUT2D eigenvalue weighted by molar-refractivity contribution is 0.367. The average molecular weight is 411 g/mol. The van der Waals surface area contributed by atoms with E-state index in [9.17, 15) is 0 Å². The summed E-state index contributed by atoms with van der Waals surface area (Å²) in [7, 11) is 2.25. The Balaban J connectivity index is 1.11. The summed E-state index contributed by atoms with van der Waals surface area (Å²) in [6, 6.07) is 11.7. The number of aromatic nitrogens is 1. The van der Waals surface area contributed by atoms with Crippen molar-refractivity contribution in [1.82, 2.24) is 9.88 Å². The minimum atomic E-state index is 0.805. The Morgan fingerprint density at radius 3 is 2.39 bits per heavy atom. The van der Waals surface area contributed by atoms with Crippen LogP contribution >= 0.6 is 0 Å². The standard InChI is InChI=1S/C26H32BN4/c1-19(23-8-10-26(28-18-23)31-12-2-11-27-31)29-13-15-30(16-14-29)25-9-7-22(20-3-4-20)17-24(25)21-5-6-21/h7-10,17-18,20-21H,1-6,11-16H2. The van der Waals surface area contributed by atoms with Crippen molar-refractivity contribution in [2.24, 2.45) is 0 Å². The maximum absolute atomic E-state index is 4.70. The molecule has 159 valence electrons. The molecule has 4 nitrogen and oxygen atoms in total. The van der Waals surface area contributed by atoms with Gasteiger partial charge in [0, 0.05) is 55.9 Å². The second-order valence-corrected chi connectivity index (χ2v) is 9.71. The normalized spacial score (nSPS) is 21.4. The van der Waals surface area contributed by atoms with Crippen molar-refractivity contribution in [2.75, 3.05) is 42.4 Å². The van der Waals surface area contributed by atoms with Crippen LogP contribution in [-0.4, -0.2) is 50.0 Å². The van der Waals surface area contributed by atoms with E-state index in [2.05, 4.69) is 58.9 Å². The molecular weight excluding hydrogens is 379 g/mol. The Morgan fingerprint density at radius 1 is 0.935 bits per heavy atom. The van der Waals surface area contributed by atoms with Crippen LogP contribution in [0.5, 0.6) is 0 Å². The van der Waals surface area contributed by atoms with Gasteiger partial charge in [0.15, 0.2) is 0 Å². The van der Waals surface area contributed by atoms with Crippen LogP contribution < -0.4 is 9.71 Å². The number of rotatable bonds is 6. The Labute approximate surface area is 187 Å². The molecular formula is C26H32BN4. The average Bonchev–Trinajstić information content (AvgIpc) is 3.77. The second kappa shape index (κ2) is 7.92. The van der Waals surface area contributed by atoms with Gasteiger partial charge in [0.25, 0.3) is 0 Å². The van der Waals surface area contributed by atoms with Crippen LogP contribution in [0.4, 0.5) is 11.5 Å². The molecule has 5 heteroatoms. The van der Waals surface area contributed by atoms with E-state index in [-0.39, 0.29) is 0 Å². The molecule has 31 heavy (non-hydrogen) atoms. The second-order valence-electron chi connectivity index (χ2n) is 9.71. The molecule has 2 aromatic rings. The van der Waals surface area contributed by atoms with Crippen LogP contribution in [0.1, 0.15) is 60.6 Å². The summed E-state index contributed by atoms with van der Waals surface area (Å²) < 4.78 is 0. The lowest BCUT2D eigenvalue weighted by Gasteiger charge is -2.39. The summed E-state index contributed by atoms with van der Waals surface area (Å²) in [5, 5.41) is 0. The molecule has 1 radical (unpaired) electrons. The molecule has 2 saturated heterocycles. The van der Waals surface area contributed by atoms with Gasteiger partial charge in [-0.2, -0.15) is 0 Å². The molecule has 1 aromatic heterocycles. The van der Waals surface area contributed by atoms with Gasteiger partial charge in [-0.3, -0.25) is 0 Å². The molecule has 4 fully saturated rings. The van der Waals surface area contributed by atoms with E-state index in [0.717, 1.165) is 68.0 Å². The lowest BCUT2D eigenvalue weighted by Crippen LogP contribution is -2.45. The summed E-state index contributed by atoms with van der Waals surface area (Å²) in [6.07, 6.45) is 9.90. The van der Waals surface area contributed by atoms with Crippen LogP contribution in [0.25, 0.3) is 5.70 Å². The molecule has 0 unspecified atom stereocenters. The molecule has 0 bridgehead atoms. The number of pyridine rings is 1. The minimum absolute atomic E-state index is 0.805. The van der Waals surface area contributed by atoms with Crippen LogP contribution in [0, 0.1) is 0 Å². The Morgan fingerprint density at radius 2 is 1.74 bits per heavy atom. The van der Waals surface area contributed by atoms with Crippen LogP contribution in [0.3, 0.4) is 0 Å². The number of piperazine rings is 1. The summed E-state index contributed by atoms with van der Waals surface area (Å²) in [5.41, 5.74) is 6.94. The van der Waals surface area contributed by atoms with Crippen molar-refractivity contribution in [2.45, 2.75) is 50.3 Å². The first-order valence-electron chi connectivity index (χ1n) is 12.2. The summed E-state index contributed by atoms with van der Waals surface area (Å²) in [4.78, 5) is 12.0. The third kappa shape index (κ3) is 3.95. The largest absolute Gasteiger partial charge is 0.405 e. The molecule has 0 N–H and O–H groups in total. The van der Waals surface area contributed by atoms with Crippen LogP contribution in [0.2, 0.25) is 6.32 Å². The van der Waals surface area contributed by atoms with Gasteiger partial charge in [0.1, 0.15) is 5.82 Å². The molecule has 1 aromatic carbocycles. The number of benzene rings is 1. The highest BCUT2D eigenvalue weighted by Gasteiger charge is 2.31. The van der Waals surface area contributed by atoms with Gasteiger partial charge in [-0.25, -0.2) is 4.98 Å². The molecule has 4 aliphatic rings. The van der Waals surface area contributed by atoms with Crippen LogP contribution in [-0.2, 0) is 0 Å². The minimum Gasteiger partial charge on any atom is -0.405 e. The molecule has 0 atom stereocenters. The summed E-state index contributed by atoms with van der Waals surface area (Å²) in [6.45, 7) is 9.67. The summed E-state index contributed by atoms with van der Waals surface area (Å²) >= 11 is 0. The van der Waals surface area contributed by atoms with E-state index in [0.29, 0.717) is 0 Å². The van der Waals surface area contributed by atoms with E-state index < -0.39 is 0 Å². The van der Waals surface area contributed by atoms with Crippen molar-refractivity contribution in [3.63, 3.8) is 0 Å². The molecule has 0 spiro atoms. The smallest absolute Gasteiger partial charge is 0.248 e. The lowest BCUT2D eigenvalue weighted by atomic mass is 9.91. The Hall–Kier alpha value is -2.43. The highest BCUT2D eigenvalue weighted by atomic mass is 15.3. The number of hydrogen-bond donors (Lipinski definition) is 0. The molecule has 6 rings (SSSR count). The first kappa shape index (κ1) is 19.3. The van der Waals surface area contributed by atoms with Gasteiger partial charge >= 0.3 is 0 Å². The number of anilines is 2. The molecule has 2 aliphatic carbocycles. The highest BCUT2D eigenvalue weighted by Crippen LogP contribution is 2.48. The van der Waals surface area contributed by atoms with Crippen molar-refractivity contribution in [3.8, 4) is 0 Å². The fourth-order valence-corrected chi connectivity index (χ4v) is 5.19. The van der Waals surface area contributed by atoms with Crippen molar-refractivity contribution in [3.05, 3.63) is 59.8 Å². The van der Waals surface area contributed by atoms with E-state index in [1.807, 2.05) is 6.20 Å². The number of nitrogens with zero attached hydrogens (tertiary/aromatic N) is 4. The first-order chi connectivity index (χ1) is 15.3. The van der Waals surface area contributed by atoms with E-state index in [4.69, 9.17) is 4.98 Å². The number of hydrogen-bond acceptors (Lipinski definition) is 4. The van der Waals surface area contributed by atoms with Crippen LogP contribution in [0.15, 0.2) is 43.1 Å². The molecule has 0 amide bonds. The molecule has 2 aliphatic heterocycles. The van der Waals surface area contributed by atoms with E-state index in [1.165, 1.54) is 37.8 Å². The predicted molar refractivity (Wildman–Crippen MR) is 130 cm³/mol. The van der Waals surface area contributed by atoms with Gasteiger partial charge in [0.05, 0.1) is 0 Å². The third-order valence-corrected chi connectivity index (χ3v) is 7.45. The van der Waals surface area contributed by atoms with E-state index in [1.54, 1.807) is 11.1 Å². The van der Waals surface area contributed by atoms with Crippen molar-refractivity contribution >= 4 is 24.6 Å². The topological polar surface area (TPSA) is 22.6 Å². The Kier molecular flexibility index (Phi) is 4.93. The van der Waals surface area contributed by atoms with Gasteiger partial charge in [-0.05, 0) is 73.3 Å². The molecule has 2 saturated carbocycles. The Bertz CT molecular complexity index is 950. The zero-order chi connectivity index (χ0) is 20.8. The van der Waals surface area contributed by atoms with Gasteiger partial charge in [-0.15, -0.1) is 0 Å². The summed E-state index contributed by atoms with van der Waals surface area (Å²) in [5.74, 6) is 2.70. The SMILES string of the molecule is C=C(c1ccc(N2[B]CCC2)nc1)N1CCN(c2ccc(C3CC3)cc2C2CC2)CC1. The predicted octanol–water partition coefficient (Wildman–Crippen LogP) is 4.88. The maximum atomic E-state index is 4.70. The molecule has 3 heterocycles. The zero-order valence-electron chi connectivity index (χ0n) is 18.5. The van der Waals surface area contributed by atoms with Gasteiger partial charge < -0.3 is 14.6 Å².